The van der Waals surface area contributed by atoms with Crippen LogP contribution in [0.5, 0.6) is 0 Å². The van der Waals surface area contributed by atoms with Crippen LogP contribution in [-0.2, 0) is 11.3 Å². The topological polar surface area (TPSA) is 115 Å². The number of nitrogen functional groups attached to an aromatic ring is 1. The van der Waals surface area contributed by atoms with Crippen LogP contribution in [0.15, 0.2) is 10.5 Å². The van der Waals surface area contributed by atoms with Crippen molar-refractivity contribution in [2.24, 2.45) is 17.5 Å². The van der Waals surface area contributed by atoms with Crippen LogP contribution >= 0.6 is 0 Å². The SMILES string of the molecule is Cc1cc(CN2CC(C(N)=O)CCC2C)oc1C(=O)NN. The summed E-state index contributed by atoms with van der Waals surface area (Å²) in [7, 11) is 0. The van der Waals surface area contributed by atoms with Gasteiger partial charge in [-0.1, -0.05) is 0 Å². The van der Waals surface area contributed by atoms with E-state index in [9.17, 15) is 9.59 Å². The third kappa shape index (κ3) is 3.43. The summed E-state index contributed by atoms with van der Waals surface area (Å²) >= 11 is 0. The summed E-state index contributed by atoms with van der Waals surface area (Å²) < 4.78 is 5.56. The maximum Gasteiger partial charge on any atom is 0.301 e. The number of primary amides is 1. The van der Waals surface area contributed by atoms with Gasteiger partial charge in [-0.15, -0.1) is 0 Å². The molecule has 2 rings (SSSR count). The zero-order valence-corrected chi connectivity index (χ0v) is 12.4. The van der Waals surface area contributed by atoms with Crippen LogP contribution in [0.4, 0.5) is 0 Å². The number of carbonyl (C=O) groups excluding carboxylic acids is 2. The van der Waals surface area contributed by atoms with E-state index in [-0.39, 0.29) is 17.6 Å². The van der Waals surface area contributed by atoms with Crippen molar-refractivity contribution < 1.29 is 14.0 Å². The molecule has 21 heavy (non-hydrogen) atoms. The molecule has 1 aromatic heterocycles. The molecule has 0 aromatic carbocycles. The maximum atomic E-state index is 11.5. The van der Waals surface area contributed by atoms with E-state index in [4.69, 9.17) is 16.0 Å². The van der Waals surface area contributed by atoms with Crippen molar-refractivity contribution in [3.8, 4) is 0 Å². The summed E-state index contributed by atoms with van der Waals surface area (Å²) in [5, 5.41) is 0. The van der Waals surface area contributed by atoms with Crippen LogP contribution < -0.4 is 17.0 Å². The van der Waals surface area contributed by atoms with Crippen LogP contribution in [0.1, 0.15) is 41.6 Å². The minimum Gasteiger partial charge on any atom is -0.454 e. The largest absolute Gasteiger partial charge is 0.454 e. The molecule has 5 N–H and O–H groups in total. The first-order valence-corrected chi connectivity index (χ1v) is 7.06. The fourth-order valence-electron chi connectivity index (χ4n) is 2.75. The van der Waals surface area contributed by atoms with Gasteiger partial charge in [0.25, 0.3) is 0 Å². The monoisotopic (exact) mass is 294 g/mol. The third-order valence-electron chi connectivity index (χ3n) is 4.08. The zero-order chi connectivity index (χ0) is 15.6. The highest BCUT2D eigenvalue weighted by molar-refractivity contribution is 5.92. The van der Waals surface area contributed by atoms with E-state index in [1.54, 1.807) is 6.92 Å². The first-order valence-electron chi connectivity index (χ1n) is 7.06. The van der Waals surface area contributed by atoms with Crippen LogP contribution in [0.3, 0.4) is 0 Å². The molecular weight excluding hydrogens is 272 g/mol. The van der Waals surface area contributed by atoms with Gasteiger partial charge in [-0.2, -0.15) is 0 Å². The maximum absolute atomic E-state index is 11.5. The van der Waals surface area contributed by atoms with Gasteiger partial charge in [-0.3, -0.25) is 19.9 Å². The molecule has 0 spiro atoms. The Bertz CT molecular complexity index is 540. The predicted octanol–water partition coefficient (Wildman–Crippen LogP) is 0.277. The van der Waals surface area contributed by atoms with Crippen molar-refractivity contribution in [1.82, 2.24) is 10.3 Å². The van der Waals surface area contributed by atoms with Gasteiger partial charge in [0.2, 0.25) is 5.91 Å². The van der Waals surface area contributed by atoms with Crippen LogP contribution in [-0.4, -0.2) is 29.3 Å². The zero-order valence-electron chi connectivity index (χ0n) is 12.4. The van der Waals surface area contributed by atoms with Gasteiger partial charge < -0.3 is 10.2 Å². The molecule has 0 saturated carbocycles. The Morgan fingerprint density at radius 2 is 2.19 bits per heavy atom. The van der Waals surface area contributed by atoms with Crippen molar-refractivity contribution in [3.05, 3.63) is 23.2 Å². The first kappa shape index (κ1) is 15.5. The van der Waals surface area contributed by atoms with Crippen molar-refractivity contribution in [2.45, 2.75) is 39.3 Å². The second kappa shape index (κ2) is 6.28. The Kier molecular flexibility index (Phi) is 4.64. The van der Waals surface area contributed by atoms with E-state index in [0.717, 1.165) is 18.4 Å². The average Bonchev–Trinajstić information content (AvgIpc) is 2.81. The number of furan rings is 1. The lowest BCUT2D eigenvalue weighted by Gasteiger charge is -2.36. The molecule has 0 bridgehead atoms. The van der Waals surface area contributed by atoms with Crippen LogP contribution in [0.2, 0.25) is 0 Å². The lowest BCUT2D eigenvalue weighted by atomic mass is 9.93. The van der Waals surface area contributed by atoms with Gasteiger partial charge in [0.05, 0.1) is 12.5 Å². The molecule has 1 fully saturated rings. The molecular formula is C14H22N4O3. The Hall–Kier alpha value is -1.86. The lowest BCUT2D eigenvalue weighted by molar-refractivity contribution is -0.124. The van der Waals surface area contributed by atoms with Crippen molar-refractivity contribution in [2.75, 3.05) is 6.54 Å². The van der Waals surface area contributed by atoms with Gasteiger partial charge >= 0.3 is 5.91 Å². The van der Waals surface area contributed by atoms with Gasteiger partial charge in [0.15, 0.2) is 5.76 Å². The molecule has 1 saturated heterocycles. The minimum absolute atomic E-state index is 0.121. The van der Waals surface area contributed by atoms with Crippen LogP contribution in [0.25, 0.3) is 0 Å². The number of likely N-dealkylation sites (tertiary alicyclic amines) is 1. The standard InChI is InChI=1S/C14H22N4O3/c1-8-5-11(21-12(8)14(20)17-16)7-18-6-10(13(15)19)4-3-9(18)2/h5,9-10H,3-4,6-7,16H2,1-2H3,(H2,15,19)(H,17,20). The third-order valence-corrected chi connectivity index (χ3v) is 4.08. The number of rotatable bonds is 4. The smallest absolute Gasteiger partial charge is 0.301 e. The number of hydrazine groups is 1. The summed E-state index contributed by atoms with van der Waals surface area (Å²) in [6.45, 7) is 5.07. The Balaban J connectivity index is 2.09. The summed E-state index contributed by atoms with van der Waals surface area (Å²) in [6, 6.07) is 2.17. The number of nitrogens with one attached hydrogen (secondary N) is 1. The molecule has 0 radical (unpaired) electrons. The Labute approximate surface area is 123 Å². The van der Waals surface area contributed by atoms with Gasteiger partial charge in [-0.25, -0.2) is 5.84 Å². The molecule has 1 aromatic rings. The van der Waals surface area contributed by atoms with E-state index in [0.29, 0.717) is 24.9 Å². The summed E-state index contributed by atoms with van der Waals surface area (Å²) in [5.74, 6) is 5.20. The Morgan fingerprint density at radius 1 is 1.48 bits per heavy atom. The van der Waals surface area contributed by atoms with Crippen molar-refractivity contribution >= 4 is 11.8 Å². The normalized spacial score (nSPS) is 23.0. The number of nitrogens with two attached hydrogens (primary N) is 2. The quantitative estimate of drug-likeness (QED) is 0.419. The lowest BCUT2D eigenvalue weighted by Crippen LogP contribution is -2.45. The van der Waals surface area contributed by atoms with Gasteiger partial charge in [0, 0.05) is 18.2 Å². The number of nitrogens with zero attached hydrogens (tertiary/aromatic N) is 1. The van der Waals surface area contributed by atoms with E-state index >= 15 is 0 Å². The summed E-state index contributed by atoms with van der Waals surface area (Å²) in [5.41, 5.74) is 8.20. The van der Waals surface area contributed by atoms with Crippen molar-refractivity contribution in [1.29, 1.82) is 0 Å². The average molecular weight is 294 g/mol. The second-order valence-corrected chi connectivity index (χ2v) is 5.65. The molecule has 0 aliphatic carbocycles. The van der Waals surface area contributed by atoms with Gasteiger partial charge in [0.1, 0.15) is 5.76 Å². The molecule has 7 heteroatoms. The van der Waals surface area contributed by atoms with Crippen molar-refractivity contribution in [3.63, 3.8) is 0 Å². The molecule has 2 amide bonds. The molecule has 116 valence electrons. The molecule has 1 aliphatic rings. The number of carbonyl (C=O) groups is 2. The summed E-state index contributed by atoms with van der Waals surface area (Å²) in [4.78, 5) is 25.0. The Morgan fingerprint density at radius 3 is 2.81 bits per heavy atom. The minimum atomic E-state index is -0.444. The van der Waals surface area contributed by atoms with Gasteiger partial charge in [-0.05, 0) is 32.8 Å². The number of aryl methyl sites for hydroxylation is 1. The number of amides is 2. The molecule has 2 atom stereocenters. The highest BCUT2D eigenvalue weighted by Crippen LogP contribution is 2.25. The highest BCUT2D eigenvalue weighted by atomic mass is 16.4. The molecule has 2 heterocycles. The fourth-order valence-corrected chi connectivity index (χ4v) is 2.75. The van der Waals surface area contributed by atoms with E-state index in [1.165, 1.54) is 0 Å². The molecule has 2 unspecified atom stereocenters. The number of piperidine rings is 1. The van der Waals surface area contributed by atoms with E-state index < -0.39 is 5.91 Å². The molecule has 7 nitrogen and oxygen atoms in total. The predicted molar refractivity (Wildman–Crippen MR) is 76.9 cm³/mol. The highest BCUT2D eigenvalue weighted by Gasteiger charge is 2.29. The van der Waals surface area contributed by atoms with E-state index in [2.05, 4.69) is 17.2 Å². The van der Waals surface area contributed by atoms with E-state index in [1.807, 2.05) is 6.07 Å². The fraction of sp³-hybridized carbons (Fsp3) is 0.571. The number of hydrogen-bond acceptors (Lipinski definition) is 5. The number of hydrogen-bond donors (Lipinski definition) is 3. The summed E-state index contributed by atoms with van der Waals surface area (Å²) in [6.07, 6.45) is 1.74. The first-order chi connectivity index (χ1) is 9.92. The molecule has 1 aliphatic heterocycles. The second-order valence-electron chi connectivity index (χ2n) is 5.65. The van der Waals surface area contributed by atoms with Crippen LogP contribution in [0, 0.1) is 12.8 Å².